The second-order valence-corrected chi connectivity index (χ2v) is 6.41. The van der Waals surface area contributed by atoms with Gasteiger partial charge in [-0.3, -0.25) is 9.69 Å². The number of rotatable bonds is 4. The van der Waals surface area contributed by atoms with E-state index < -0.39 is 0 Å². The zero-order chi connectivity index (χ0) is 15.4. The van der Waals surface area contributed by atoms with Gasteiger partial charge in [0, 0.05) is 31.9 Å². The first-order chi connectivity index (χ1) is 9.97. The molecule has 0 atom stereocenters. The Balaban J connectivity index is 1.92. The van der Waals surface area contributed by atoms with Crippen LogP contribution in [-0.2, 0) is 0 Å². The number of amides is 1. The van der Waals surface area contributed by atoms with Crippen LogP contribution >= 0.6 is 0 Å². The first-order valence-corrected chi connectivity index (χ1v) is 7.85. The van der Waals surface area contributed by atoms with Gasteiger partial charge in [-0.15, -0.1) is 0 Å². The molecular weight excluding hydrogens is 262 g/mol. The monoisotopic (exact) mass is 289 g/mol. The molecule has 0 radical (unpaired) electrons. The van der Waals surface area contributed by atoms with Crippen molar-refractivity contribution < 1.29 is 4.79 Å². The Hall–Kier alpha value is -1.55. The lowest BCUT2D eigenvalue weighted by Gasteiger charge is -2.35. The van der Waals surface area contributed by atoms with Crippen LogP contribution in [0.3, 0.4) is 0 Å². The fourth-order valence-electron chi connectivity index (χ4n) is 2.64. The molecule has 1 aliphatic heterocycles. The number of carbonyl (C=O) groups excluding carboxylic acids is 1. The van der Waals surface area contributed by atoms with Crippen LogP contribution in [-0.4, -0.2) is 48.4 Å². The van der Waals surface area contributed by atoms with Gasteiger partial charge in [0.25, 0.3) is 5.91 Å². The molecule has 2 N–H and O–H groups in total. The summed E-state index contributed by atoms with van der Waals surface area (Å²) in [5, 5.41) is 0. The van der Waals surface area contributed by atoms with Gasteiger partial charge in [0.15, 0.2) is 0 Å². The standard InChI is InChI=1S/C17H27N3O/c1-13(2)6-7-19-8-10-20(11-9-19)17(21)15-12-14(3)4-5-16(15)18/h4-5,12-13H,6-11,18H2,1-3H3. The molecule has 1 aromatic rings. The molecule has 1 fully saturated rings. The number of nitrogens with two attached hydrogens (primary N) is 1. The van der Waals surface area contributed by atoms with Crippen LogP contribution in [0.4, 0.5) is 5.69 Å². The highest BCUT2D eigenvalue weighted by Gasteiger charge is 2.23. The molecule has 0 aliphatic carbocycles. The van der Waals surface area contributed by atoms with E-state index in [2.05, 4.69) is 18.7 Å². The number of benzene rings is 1. The third-order valence-corrected chi connectivity index (χ3v) is 4.12. The smallest absolute Gasteiger partial charge is 0.256 e. The summed E-state index contributed by atoms with van der Waals surface area (Å²) in [6.45, 7) is 11.1. The SMILES string of the molecule is Cc1ccc(N)c(C(=O)N2CCN(CCC(C)C)CC2)c1. The molecular formula is C17H27N3O. The van der Waals surface area contributed by atoms with Gasteiger partial charge in [0.1, 0.15) is 0 Å². The van der Waals surface area contributed by atoms with E-state index in [-0.39, 0.29) is 5.91 Å². The van der Waals surface area contributed by atoms with Crippen molar-refractivity contribution in [1.82, 2.24) is 9.80 Å². The quantitative estimate of drug-likeness (QED) is 0.866. The van der Waals surface area contributed by atoms with Crippen LogP contribution in [0.5, 0.6) is 0 Å². The fraction of sp³-hybridized carbons (Fsp3) is 0.588. The Kier molecular flexibility index (Phi) is 5.23. The number of hydrogen-bond acceptors (Lipinski definition) is 3. The minimum Gasteiger partial charge on any atom is -0.398 e. The summed E-state index contributed by atoms with van der Waals surface area (Å²) in [5.41, 5.74) is 8.24. The van der Waals surface area contributed by atoms with Gasteiger partial charge in [-0.1, -0.05) is 25.5 Å². The van der Waals surface area contributed by atoms with Crippen LogP contribution in [0.1, 0.15) is 36.2 Å². The maximum absolute atomic E-state index is 12.6. The maximum Gasteiger partial charge on any atom is 0.256 e. The molecule has 116 valence electrons. The minimum absolute atomic E-state index is 0.0692. The molecule has 1 aliphatic rings. The summed E-state index contributed by atoms with van der Waals surface area (Å²) < 4.78 is 0. The Morgan fingerprint density at radius 2 is 1.90 bits per heavy atom. The molecule has 4 heteroatoms. The van der Waals surface area contributed by atoms with E-state index in [1.54, 1.807) is 0 Å². The van der Waals surface area contributed by atoms with Gasteiger partial charge in [0.05, 0.1) is 5.56 Å². The van der Waals surface area contributed by atoms with Crippen molar-refractivity contribution in [2.45, 2.75) is 27.2 Å². The molecule has 1 aromatic carbocycles. The number of nitrogen functional groups attached to an aromatic ring is 1. The number of hydrogen-bond donors (Lipinski definition) is 1. The molecule has 0 aromatic heterocycles. The predicted octanol–water partition coefficient (Wildman–Crippen LogP) is 2.38. The summed E-state index contributed by atoms with van der Waals surface area (Å²) in [6.07, 6.45) is 1.22. The Bertz CT molecular complexity index is 491. The largest absolute Gasteiger partial charge is 0.398 e. The molecule has 0 bridgehead atoms. The molecule has 0 spiro atoms. The van der Waals surface area contributed by atoms with Gasteiger partial charge in [-0.25, -0.2) is 0 Å². The molecule has 1 amide bonds. The third kappa shape index (κ3) is 4.21. The summed E-state index contributed by atoms with van der Waals surface area (Å²) in [7, 11) is 0. The number of anilines is 1. The summed E-state index contributed by atoms with van der Waals surface area (Å²) in [4.78, 5) is 16.9. The lowest BCUT2D eigenvalue weighted by molar-refractivity contribution is 0.0633. The molecule has 1 heterocycles. The second-order valence-electron chi connectivity index (χ2n) is 6.41. The maximum atomic E-state index is 12.6. The van der Waals surface area contributed by atoms with Crippen LogP contribution < -0.4 is 5.73 Å². The average molecular weight is 289 g/mol. The van der Waals surface area contributed by atoms with Crippen molar-refractivity contribution >= 4 is 11.6 Å². The molecule has 2 rings (SSSR count). The summed E-state index contributed by atoms with van der Waals surface area (Å²) in [5.74, 6) is 0.802. The lowest BCUT2D eigenvalue weighted by Crippen LogP contribution is -2.49. The van der Waals surface area contributed by atoms with Crippen LogP contribution in [0.2, 0.25) is 0 Å². The third-order valence-electron chi connectivity index (χ3n) is 4.12. The number of piperazine rings is 1. The molecule has 0 unspecified atom stereocenters. The van der Waals surface area contributed by atoms with Crippen molar-refractivity contribution in [3.8, 4) is 0 Å². The summed E-state index contributed by atoms with van der Waals surface area (Å²) >= 11 is 0. The normalized spacial score (nSPS) is 16.5. The van der Waals surface area contributed by atoms with Gasteiger partial charge >= 0.3 is 0 Å². The number of nitrogens with zero attached hydrogens (tertiary/aromatic N) is 2. The fourth-order valence-corrected chi connectivity index (χ4v) is 2.64. The highest BCUT2D eigenvalue weighted by molar-refractivity contribution is 5.99. The van der Waals surface area contributed by atoms with Gasteiger partial charge in [0.2, 0.25) is 0 Å². The average Bonchev–Trinajstić information content (AvgIpc) is 2.47. The van der Waals surface area contributed by atoms with Crippen molar-refractivity contribution in [1.29, 1.82) is 0 Å². The Labute approximate surface area is 127 Å². The Morgan fingerprint density at radius 1 is 1.24 bits per heavy atom. The zero-order valence-corrected chi connectivity index (χ0v) is 13.4. The van der Waals surface area contributed by atoms with Crippen molar-refractivity contribution in [2.24, 2.45) is 5.92 Å². The summed E-state index contributed by atoms with van der Waals surface area (Å²) in [6, 6.07) is 5.65. The van der Waals surface area contributed by atoms with Crippen LogP contribution in [0.25, 0.3) is 0 Å². The minimum atomic E-state index is 0.0692. The lowest BCUT2D eigenvalue weighted by atomic mass is 10.1. The van der Waals surface area contributed by atoms with E-state index >= 15 is 0 Å². The molecule has 0 saturated carbocycles. The highest BCUT2D eigenvalue weighted by atomic mass is 16.2. The second kappa shape index (κ2) is 6.94. The van der Waals surface area contributed by atoms with Crippen LogP contribution in [0, 0.1) is 12.8 Å². The van der Waals surface area contributed by atoms with E-state index in [4.69, 9.17) is 5.73 Å². The van der Waals surface area contributed by atoms with Gasteiger partial charge in [-0.05, 0) is 37.9 Å². The van der Waals surface area contributed by atoms with E-state index in [1.165, 1.54) is 6.42 Å². The zero-order valence-electron chi connectivity index (χ0n) is 13.4. The van der Waals surface area contributed by atoms with Crippen molar-refractivity contribution in [2.75, 3.05) is 38.5 Å². The van der Waals surface area contributed by atoms with Crippen molar-refractivity contribution in [3.63, 3.8) is 0 Å². The molecule has 4 nitrogen and oxygen atoms in total. The van der Waals surface area contributed by atoms with Crippen LogP contribution in [0.15, 0.2) is 18.2 Å². The van der Waals surface area contributed by atoms with E-state index in [0.29, 0.717) is 11.3 Å². The first kappa shape index (κ1) is 15.8. The van der Waals surface area contributed by atoms with E-state index in [1.807, 2.05) is 30.0 Å². The Morgan fingerprint density at radius 3 is 2.52 bits per heavy atom. The van der Waals surface area contributed by atoms with Gasteiger partial charge < -0.3 is 10.6 Å². The first-order valence-electron chi connectivity index (χ1n) is 7.85. The highest BCUT2D eigenvalue weighted by Crippen LogP contribution is 2.17. The van der Waals surface area contributed by atoms with E-state index in [0.717, 1.165) is 44.2 Å². The number of aryl methyl sites for hydroxylation is 1. The topological polar surface area (TPSA) is 49.6 Å². The molecule has 1 saturated heterocycles. The predicted molar refractivity (Wildman–Crippen MR) is 87.4 cm³/mol. The number of carbonyl (C=O) groups is 1. The van der Waals surface area contributed by atoms with E-state index in [9.17, 15) is 4.79 Å². The van der Waals surface area contributed by atoms with Crippen molar-refractivity contribution in [3.05, 3.63) is 29.3 Å². The van der Waals surface area contributed by atoms with Gasteiger partial charge in [-0.2, -0.15) is 0 Å². The molecule has 21 heavy (non-hydrogen) atoms.